The first-order valence-electron chi connectivity index (χ1n) is 12.6. The number of ether oxygens (including phenoxy) is 1. The van der Waals surface area contributed by atoms with Gasteiger partial charge in [0.25, 0.3) is 0 Å². The molecular weight excluding hydrogens is 499 g/mol. The molecule has 0 aliphatic carbocycles. The number of nitrogens with one attached hydrogen (secondary N) is 1. The molecule has 1 aliphatic rings. The van der Waals surface area contributed by atoms with E-state index in [4.69, 9.17) is 4.74 Å². The fourth-order valence-corrected chi connectivity index (χ4v) is 5.32. The van der Waals surface area contributed by atoms with E-state index in [1.165, 1.54) is 19.2 Å². The highest BCUT2D eigenvalue weighted by molar-refractivity contribution is 5.84. The third-order valence-electron chi connectivity index (χ3n) is 7.41. The second kappa shape index (κ2) is 12.0. The van der Waals surface area contributed by atoms with Gasteiger partial charge in [0.05, 0.1) is 31.3 Å². The van der Waals surface area contributed by atoms with Crippen LogP contribution in [0.5, 0.6) is 5.75 Å². The Hall–Kier alpha value is -3.37. The molecule has 2 heterocycles. The minimum absolute atomic E-state index is 0.0399. The second-order valence-corrected chi connectivity index (χ2v) is 9.95. The number of anilines is 1. The Balaban J connectivity index is 1.38. The lowest BCUT2D eigenvalue weighted by Gasteiger charge is -2.41. The normalized spacial score (nSPS) is 16.3. The largest absolute Gasteiger partial charge is 0.497 e. The van der Waals surface area contributed by atoms with Crippen molar-refractivity contribution in [2.75, 3.05) is 38.6 Å². The summed E-state index contributed by atoms with van der Waals surface area (Å²) in [6, 6.07) is 8.33. The van der Waals surface area contributed by atoms with Crippen molar-refractivity contribution in [3.63, 3.8) is 0 Å². The number of carbonyl (C=O) groups is 1. The summed E-state index contributed by atoms with van der Waals surface area (Å²) in [7, 11) is 1.50. The Kier molecular flexibility index (Phi) is 8.73. The van der Waals surface area contributed by atoms with Gasteiger partial charge in [0.15, 0.2) is 0 Å². The van der Waals surface area contributed by atoms with E-state index in [-0.39, 0.29) is 18.4 Å². The standard InChI is InChI=1S/C28H32F3N3O4/c1-38-21-2-3-24-22(15-21)27(23(31)17-33-24)25(35)4-5-28(16-26(36)37)6-9-34(10-7-28)11-8-32-20-13-18(29)12-19(30)14-20/h2-3,12-15,17,25,32,35H,4-11,16H2,1H3,(H,36,37)/t25-/m0/s1. The number of pyridine rings is 1. The molecule has 4 rings (SSSR count). The van der Waals surface area contributed by atoms with Gasteiger partial charge < -0.3 is 25.2 Å². The van der Waals surface area contributed by atoms with Crippen molar-refractivity contribution < 1.29 is 32.9 Å². The van der Waals surface area contributed by atoms with Crippen LogP contribution in [0.2, 0.25) is 0 Å². The summed E-state index contributed by atoms with van der Waals surface area (Å²) >= 11 is 0. The first-order valence-corrected chi connectivity index (χ1v) is 12.6. The maximum absolute atomic E-state index is 14.8. The number of nitrogens with zero attached hydrogens (tertiary/aromatic N) is 2. The average molecular weight is 532 g/mol. The summed E-state index contributed by atoms with van der Waals surface area (Å²) in [6.07, 6.45) is 1.75. The minimum Gasteiger partial charge on any atom is -0.497 e. The van der Waals surface area contributed by atoms with Crippen LogP contribution in [0.1, 0.15) is 43.8 Å². The summed E-state index contributed by atoms with van der Waals surface area (Å²) in [5, 5.41) is 24.1. The fourth-order valence-electron chi connectivity index (χ4n) is 5.32. The number of rotatable bonds is 11. The Morgan fingerprint density at radius 1 is 1.16 bits per heavy atom. The van der Waals surface area contributed by atoms with Gasteiger partial charge in [0.2, 0.25) is 0 Å². The number of aliphatic hydroxyl groups excluding tert-OH is 1. The minimum atomic E-state index is -1.13. The zero-order chi connectivity index (χ0) is 27.3. The molecule has 3 aromatic rings. The maximum Gasteiger partial charge on any atom is 0.303 e. The number of aliphatic carboxylic acids is 1. The molecule has 204 valence electrons. The molecule has 38 heavy (non-hydrogen) atoms. The number of hydrogen-bond acceptors (Lipinski definition) is 6. The van der Waals surface area contributed by atoms with E-state index in [1.807, 2.05) is 0 Å². The van der Waals surface area contributed by atoms with Crippen molar-refractivity contribution in [1.82, 2.24) is 9.88 Å². The zero-order valence-corrected chi connectivity index (χ0v) is 21.2. The Morgan fingerprint density at radius 2 is 1.87 bits per heavy atom. The molecule has 0 radical (unpaired) electrons. The molecule has 10 heteroatoms. The van der Waals surface area contributed by atoms with Gasteiger partial charge in [-0.15, -0.1) is 0 Å². The van der Waals surface area contributed by atoms with Crippen LogP contribution in [0.25, 0.3) is 10.9 Å². The van der Waals surface area contributed by atoms with E-state index in [1.54, 1.807) is 18.2 Å². The summed E-state index contributed by atoms with van der Waals surface area (Å²) in [5.41, 5.74) is 0.502. The third kappa shape index (κ3) is 6.73. The summed E-state index contributed by atoms with van der Waals surface area (Å²) in [4.78, 5) is 18.0. The molecule has 0 spiro atoms. The lowest BCUT2D eigenvalue weighted by molar-refractivity contribution is -0.141. The lowest BCUT2D eigenvalue weighted by atomic mass is 9.71. The van der Waals surface area contributed by atoms with Crippen molar-refractivity contribution in [3.8, 4) is 5.75 Å². The van der Waals surface area contributed by atoms with Crippen LogP contribution >= 0.6 is 0 Å². The second-order valence-electron chi connectivity index (χ2n) is 9.95. The van der Waals surface area contributed by atoms with Crippen LogP contribution in [0.3, 0.4) is 0 Å². The predicted molar refractivity (Wildman–Crippen MR) is 138 cm³/mol. The van der Waals surface area contributed by atoms with E-state index in [9.17, 15) is 28.2 Å². The van der Waals surface area contributed by atoms with Gasteiger partial charge in [-0.25, -0.2) is 13.2 Å². The van der Waals surface area contributed by atoms with Gasteiger partial charge in [-0.3, -0.25) is 9.78 Å². The smallest absolute Gasteiger partial charge is 0.303 e. The van der Waals surface area contributed by atoms with Crippen molar-refractivity contribution in [2.45, 2.75) is 38.2 Å². The van der Waals surface area contributed by atoms with E-state index < -0.39 is 34.9 Å². The van der Waals surface area contributed by atoms with Crippen LogP contribution in [-0.2, 0) is 4.79 Å². The van der Waals surface area contributed by atoms with Crippen LogP contribution in [0.4, 0.5) is 18.9 Å². The number of methoxy groups -OCH3 is 1. The molecule has 1 saturated heterocycles. The number of carboxylic acids is 1. The molecule has 0 amide bonds. The number of aliphatic hydroxyl groups is 1. The first-order chi connectivity index (χ1) is 18.2. The van der Waals surface area contributed by atoms with Gasteiger partial charge in [0.1, 0.15) is 23.2 Å². The number of hydrogen-bond donors (Lipinski definition) is 3. The molecule has 1 aliphatic heterocycles. The quantitative estimate of drug-likeness (QED) is 0.315. The van der Waals surface area contributed by atoms with Crippen molar-refractivity contribution in [2.24, 2.45) is 5.41 Å². The molecule has 3 N–H and O–H groups in total. The number of likely N-dealkylation sites (tertiary alicyclic amines) is 1. The summed E-state index contributed by atoms with van der Waals surface area (Å²) < 4.78 is 46.8. The van der Waals surface area contributed by atoms with Crippen LogP contribution in [-0.4, -0.2) is 59.4 Å². The highest BCUT2D eigenvalue weighted by Crippen LogP contribution is 2.42. The van der Waals surface area contributed by atoms with Gasteiger partial charge >= 0.3 is 5.97 Å². The van der Waals surface area contributed by atoms with Gasteiger partial charge in [0, 0.05) is 35.8 Å². The topological polar surface area (TPSA) is 94.9 Å². The molecule has 7 nitrogen and oxygen atoms in total. The van der Waals surface area contributed by atoms with E-state index in [0.29, 0.717) is 67.8 Å². The molecule has 2 aromatic carbocycles. The monoisotopic (exact) mass is 531 g/mol. The molecule has 0 saturated carbocycles. The van der Waals surface area contributed by atoms with Gasteiger partial charge in [-0.1, -0.05) is 0 Å². The van der Waals surface area contributed by atoms with E-state index >= 15 is 0 Å². The predicted octanol–water partition coefficient (Wildman–Crippen LogP) is 5.14. The molecule has 0 bridgehead atoms. The van der Waals surface area contributed by atoms with Crippen molar-refractivity contribution in [1.29, 1.82) is 0 Å². The molecule has 0 unspecified atom stereocenters. The number of carboxylic acid groups (broad SMARTS) is 1. The number of halogens is 3. The number of fused-ring (bicyclic) bond motifs is 1. The number of benzene rings is 2. The number of aromatic nitrogens is 1. The summed E-state index contributed by atoms with van der Waals surface area (Å²) in [5.74, 6) is -2.31. The lowest BCUT2D eigenvalue weighted by Crippen LogP contribution is -2.43. The van der Waals surface area contributed by atoms with E-state index in [0.717, 1.165) is 12.3 Å². The highest BCUT2D eigenvalue weighted by Gasteiger charge is 2.37. The average Bonchev–Trinajstić information content (AvgIpc) is 2.87. The fraction of sp³-hybridized carbons (Fsp3) is 0.429. The van der Waals surface area contributed by atoms with E-state index in [2.05, 4.69) is 15.2 Å². The third-order valence-corrected chi connectivity index (χ3v) is 7.41. The number of piperidine rings is 1. The Bertz CT molecular complexity index is 1260. The van der Waals surface area contributed by atoms with Crippen molar-refractivity contribution in [3.05, 3.63) is 65.6 Å². The van der Waals surface area contributed by atoms with Gasteiger partial charge in [-0.2, -0.15) is 0 Å². The van der Waals surface area contributed by atoms with Crippen LogP contribution in [0, 0.1) is 22.9 Å². The molecule has 1 atom stereocenters. The molecule has 1 aromatic heterocycles. The van der Waals surface area contributed by atoms with Crippen molar-refractivity contribution >= 4 is 22.6 Å². The zero-order valence-electron chi connectivity index (χ0n) is 21.2. The van der Waals surface area contributed by atoms with Gasteiger partial charge in [-0.05, 0) is 74.5 Å². The Morgan fingerprint density at radius 3 is 2.53 bits per heavy atom. The molecule has 1 fully saturated rings. The Labute approximate surface area is 219 Å². The molecular formula is C28H32F3N3O4. The van der Waals surface area contributed by atoms with Crippen LogP contribution in [0.15, 0.2) is 42.6 Å². The van der Waals surface area contributed by atoms with Crippen LogP contribution < -0.4 is 10.1 Å². The first kappa shape index (κ1) is 27.7. The SMILES string of the molecule is COc1ccc2ncc(F)c([C@@H](O)CCC3(CC(=O)O)CCN(CCNc4cc(F)cc(F)c4)CC3)c2c1. The summed E-state index contributed by atoms with van der Waals surface area (Å²) in [6.45, 7) is 2.39. The highest BCUT2D eigenvalue weighted by atomic mass is 19.1. The maximum atomic E-state index is 14.8.